The number of ether oxygens (including phenoxy) is 3. The number of carbonyl (C=O) groups is 2. The minimum Gasteiger partial charge on any atom is -0.489 e. The summed E-state index contributed by atoms with van der Waals surface area (Å²) in [5, 5.41) is 3.10. The second kappa shape index (κ2) is 11.5. The zero-order chi connectivity index (χ0) is 25.6. The standard InChI is InChI=1S/C30H32N2O5/c1-35-29(33)24-12-10-21(11-13-24)20-36-26-9-5-8-25(18-26)28(23-6-3-2-4-7-23)31-30(34)37-27-19-32-16-14-22(27)15-17-32/h2-13,18,22,27-28H,14-17,19-20H2,1H3,(H,31,34)/t27-,28-/m0/s1. The maximum absolute atomic E-state index is 13.0. The number of alkyl carbamates (subject to hydrolysis) is 1. The average Bonchev–Trinajstić information content (AvgIpc) is 2.96. The van der Waals surface area contributed by atoms with Crippen molar-refractivity contribution < 1.29 is 23.8 Å². The first-order valence-corrected chi connectivity index (χ1v) is 12.7. The fourth-order valence-corrected chi connectivity index (χ4v) is 5.14. The van der Waals surface area contributed by atoms with E-state index in [-0.39, 0.29) is 18.1 Å². The summed E-state index contributed by atoms with van der Waals surface area (Å²) >= 11 is 0. The molecular formula is C30H32N2O5. The number of nitrogens with one attached hydrogen (secondary N) is 1. The minimum atomic E-state index is -0.398. The maximum Gasteiger partial charge on any atom is 0.408 e. The van der Waals surface area contributed by atoms with Gasteiger partial charge in [0.15, 0.2) is 0 Å². The Labute approximate surface area is 217 Å². The zero-order valence-corrected chi connectivity index (χ0v) is 21.0. The van der Waals surface area contributed by atoms with E-state index >= 15 is 0 Å². The number of methoxy groups -OCH3 is 1. The van der Waals surface area contributed by atoms with Gasteiger partial charge in [-0.25, -0.2) is 9.59 Å². The lowest BCUT2D eigenvalue weighted by Gasteiger charge is -2.43. The third kappa shape index (κ3) is 6.12. The summed E-state index contributed by atoms with van der Waals surface area (Å²) in [6, 6.07) is 24.3. The smallest absolute Gasteiger partial charge is 0.408 e. The van der Waals surface area contributed by atoms with Crippen LogP contribution in [0.25, 0.3) is 0 Å². The van der Waals surface area contributed by atoms with Crippen molar-refractivity contribution in [2.45, 2.75) is 31.6 Å². The van der Waals surface area contributed by atoms with Crippen molar-refractivity contribution in [2.24, 2.45) is 5.92 Å². The molecule has 7 heteroatoms. The molecular weight excluding hydrogens is 468 g/mol. The van der Waals surface area contributed by atoms with Crippen molar-refractivity contribution in [1.29, 1.82) is 0 Å². The quantitative estimate of drug-likeness (QED) is 0.441. The molecule has 3 aliphatic rings. The van der Waals surface area contributed by atoms with Gasteiger partial charge in [0, 0.05) is 6.54 Å². The number of benzene rings is 3. The predicted octanol–water partition coefficient (Wildman–Crippen LogP) is 4.96. The molecule has 3 aliphatic heterocycles. The lowest BCUT2D eigenvalue weighted by molar-refractivity contribution is -0.0336. The van der Waals surface area contributed by atoms with Crippen LogP contribution in [0.1, 0.15) is 45.9 Å². The summed E-state index contributed by atoms with van der Waals surface area (Å²) in [6.45, 7) is 3.36. The van der Waals surface area contributed by atoms with Crippen molar-refractivity contribution in [3.05, 3.63) is 101 Å². The van der Waals surface area contributed by atoms with E-state index in [0.29, 0.717) is 23.8 Å². The first-order chi connectivity index (χ1) is 18.1. The number of fused-ring (bicyclic) bond motifs is 3. The van der Waals surface area contributed by atoms with Crippen LogP contribution in [-0.2, 0) is 16.1 Å². The van der Waals surface area contributed by atoms with Gasteiger partial charge in [0.25, 0.3) is 0 Å². The van der Waals surface area contributed by atoms with Crippen molar-refractivity contribution in [1.82, 2.24) is 10.2 Å². The van der Waals surface area contributed by atoms with Gasteiger partial charge in [0.05, 0.1) is 18.7 Å². The minimum absolute atomic E-state index is 0.0563. The van der Waals surface area contributed by atoms with Crippen LogP contribution in [0.5, 0.6) is 5.75 Å². The molecule has 0 radical (unpaired) electrons. The van der Waals surface area contributed by atoms with Crippen LogP contribution in [-0.4, -0.2) is 49.8 Å². The summed E-state index contributed by atoms with van der Waals surface area (Å²) in [4.78, 5) is 27.0. The SMILES string of the molecule is COC(=O)c1ccc(COc2cccc([C@@H](NC(=O)O[C@H]3CN4CCC3CC4)c3ccccc3)c2)cc1. The molecule has 0 aliphatic carbocycles. The molecule has 3 heterocycles. The Bertz CT molecular complexity index is 1210. The van der Waals surface area contributed by atoms with Gasteiger partial charge in [-0.3, -0.25) is 4.90 Å². The largest absolute Gasteiger partial charge is 0.489 e. The Morgan fingerprint density at radius 2 is 1.68 bits per heavy atom. The van der Waals surface area contributed by atoms with Gasteiger partial charge in [-0.2, -0.15) is 0 Å². The molecule has 7 nitrogen and oxygen atoms in total. The summed E-state index contributed by atoms with van der Waals surface area (Å²) in [5.41, 5.74) is 3.28. The molecule has 3 aromatic rings. The van der Waals surface area contributed by atoms with E-state index in [9.17, 15) is 9.59 Å². The number of hydrogen-bond acceptors (Lipinski definition) is 6. The van der Waals surface area contributed by atoms with Crippen LogP contribution in [0.4, 0.5) is 4.79 Å². The Balaban J connectivity index is 1.27. The molecule has 1 N–H and O–H groups in total. The fourth-order valence-electron chi connectivity index (χ4n) is 5.14. The van der Waals surface area contributed by atoms with Crippen molar-refractivity contribution in [3.8, 4) is 5.75 Å². The van der Waals surface area contributed by atoms with Gasteiger partial charge in [-0.1, -0.05) is 54.6 Å². The molecule has 1 amide bonds. The van der Waals surface area contributed by atoms with Crippen LogP contribution in [0, 0.1) is 5.92 Å². The van der Waals surface area contributed by atoms with Crippen LogP contribution in [0.2, 0.25) is 0 Å². The molecule has 3 fully saturated rings. The summed E-state index contributed by atoms with van der Waals surface area (Å²) < 4.78 is 16.7. The second-order valence-corrected chi connectivity index (χ2v) is 9.62. The van der Waals surface area contributed by atoms with E-state index in [2.05, 4.69) is 10.2 Å². The molecule has 6 rings (SSSR count). The molecule has 0 spiro atoms. The van der Waals surface area contributed by atoms with E-state index in [1.807, 2.05) is 66.7 Å². The Hall–Kier alpha value is -3.84. The van der Waals surface area contributed by atoms with Crippen molar-refractivity contribution in [2.75, 3.05) is 26.7 Å². The number of carbonyl (C=O) groups excluding carboxylic acids is 2. The molecule has 0 unspecified atom stereocenters. The van der Waals surface area contributed by atoms with Crippen LogP contribution in [0.3, 0.4) is 0 Å². The second-order valence-electron chi connectivity index (χ2n) is 9.62. The first-order valence-electron chi connectivity index (χ1n) is 12.7. The lowest BCUT2D eigenvalue weighted by atomic mass is 9.86. The molecule has 3 saturated heterocycles. The number of piperidine rings is 3. The number of nitrogens with zero attached hydrogens (tertiary/aromatic N) is 1. The van der Waals surface area contributed by atoms with Gasteiger partial charge in [0.2, 0.25) is 0 Å². The Morgan fingerprint density at radius 3 is 2.35 bits per heavy atom. The molecule has 37 heavy (non-hydrogen) atoms. The monoisotopic (exact) mass is 500 g/mol. The van der Waals surface area contributed by atoms with E-state index in [0.717, 1.165) is 49.2 Å². The summed E-state index contributed by atoms with van der Waals surface area (Å²) in [7, 11) is 1.36. The van der Waals surface area contributed by atoms with E-state index < -0.39 is 6.09 Å². The third-order valence-electron chi connectivity index (χ3n) is 7.22. The molecule has 0 saturated carbocycles. The van der Waals surface area contributed by atoms with Crippen molar-refractivity contribution in [3.63, 3.8) is 0 Å². The van der Waals surface area contributed by atoms with E-state index in [1.54, 1.807) is 12.1 Å². The van der Waals surface area contributed by atoms with E-state index in [1.165, 1.54) is 7.11 Å². The first kappa shape index (κ1) is 24.8. The maximum atomic E-state index is 13.0. The summed E-state index contributed by atoms with van der Waals surface area (Å²) in [5.74, 6) is 0.763. The Kier molecular flexibility index (Phi) is 7.70. The lowest BCUT2D eigenvalue weighted by Crippen LogP contribution is -2.52. The average molecular weight is 501 g/mol. The number of hydrogen-bond donors (Lipinski definition) is 1. The van der Waals surface area contributed by atoms with Crippen LogP contribution in [0.15, 0.2) is 78.9 Å². The van der Waals surface area contributed by atoms with Gasteiger partial charge in [0.1, 0.15) is 18.5 Å². The highest BCUT2D eigenvalue weighted by atomic mass is 16.6. The van der Waals surface area contributed by atoms with E-state index in [4.69, 9.17) is 14.2 Å². The summed E-state index contributed by atoms with van der Waals surface area (Å²) in [6.07, 6.45) is 1.72. The third-order valence-corrected chi connectivity index (χ3v) is 7.22. The fraction of sp³-hybridized carbons (Fsp3) is 0.333. The Morgan fingerprint density at radius 1 is 0.946 bits per heavy atom. The van der Waals surface area contributed by atoms with Crippen LogP contribution < -0.4 is 10.1 Å². The molecule has 3 aromatic carbocycles. The topological polar surface area (TPSA) is 77.1 Å². The highest BCUT2D eigenvalue weighted by Crippen LogP contribution is 2.30. The number of esters is 1. The normalized spacial score (nSPS) is 21.1. The van der Waals surface area contributed by atoms with Gasteiger partial charge in [-0.05, 0) is 72.8 Å². The molecule has 192 valence electrons. The highest BCUT2D eigenvalue weighted by Gasteiger charge is 2.36. The van der Waals surface area contributed by atoms with Gasteiger partial charge < -0.3 is 19.5 Å². The number of amides is 1. The van der Waals surface area contributed by atoms with Gasteiger partial charge in [-0.15, -0.1) is 0 Å². The molecule has 2 atom stereocenters. The highest BCUT2D eigenvalue weighted by molar-refractivity contribution is 5.89. The van der Waals surface area contributed by atoms with Crippen LogP contribution >= 0.6 is 0 Å². The zero-order valence-electron chi connectivity index (χ0n) is 21.0. The number of rotatable bonds is 8. The molecule has 2 bridgehead atoms. The predicted molar refractivity (Wildman–Crippen MR) is 139 cm³/mol. The van der Waals surface area contributed by atoms with Crippen molar-refractivity contribution >= 4 is 12.1 Å². The van der Waals surface area contributed by atoms with Gasteiger partial charge >= 0.3 is 12.1 Å². The molecule has 0 aromatic heterocycles.